The molecule has 4 nitrogen and oxygen atoms in total. The van der Waals surface area contributed by atoms with Gasteiger partial charge in [-0.3, -0.25) is 4.79 Å². The zero-order valence-electron chi connectivity index (χ0n) is 11.5. The van der Waals surface area contributed by atoms with Crippen LogP contribution < -0.4 is 5.73 Å². The van der Waals surface area contributed by atoms with Gasteiger partial charge in [0, 0.05) is 11.8 Å². The quantitative estimate of drug-likeness (QED) is 0.867. The summed E-state index contributed by atoms with van der Waals surface area (Å²) >= 11 is 0. The van der Waals surface area contributed by atoms with Crippen molar-refractivity contribution < 1.29 is 13.2 Å². The van der Waals surface area contributed by atoms with Crippen molar-refractivity contribution in [1.29, 1.82) is 0 Å². The lowest BCUT2D eigenvalue weighted by Crippen LogP contribution is -2.42. The summed E-state index contributed by atoms with van der Waals surface area (Å²) in [5.41, 5.74) is 5.99. The lowest BCUT2D eigenvalue weighted by molar-refractivity contribution is 0.0901. The lowest BCUT2D eigenvalue weighted by atomic mass is 9.83. The molecular weight excluding hydrogens is 286 g/mol. The highest BCUT2D eigenvalue weighted by Crippen LogP contribution is 2.21. The molecule has 2 N–H and O–H groups in total. The normalized spacial score (nSPS) is 13.5. The fraction of sp³-hybridized carbons (Fsp3) is 0.462. The molecule has 0 aliphatic carbocycles. The van der Waals surface area contributed by atoms with Crippen molar-refractivity contribution in [3.8, 4) is 0 Å². The fourth-order valence-corrected chi connectivity index (χ4v) is 2.07. The first-order valence-corrected chi connectivity index (χ1v) is 7.52. The van der Waals surface area contributed by atoms with Gasteiger partial charge < -0.3 is 5.73 Å². The first kappa shape index (κ1) is 18.1. The second kappa shape index (κ2) is 6.03. The third kappa shape index (κ3) is 4.60. The Hall–Kier alpha value is -0.910. The number of carbonyl (C=O) groups is 1. The number of carbonyl (C=O) groups excluding carboxylic acids is 1. The van der Waals surface area contributed by atoms with Crippen LogP contribution in [0.4, 0.5) is 0 Å². The Morgan fingerprint density at radius 1 is 1.16 bits per heavy atom. The fourth-order valence-electron chi connectivity index (χ4n) is 1.44. The van der Waals surface area contributed by atoms with Crippen LogP contribution in [0.1, 0.15) is 31.1 Å². The number of halogens is 1. The minimum absolute atomic E-state index is 0. The molecule has 0 bridgehead atoms. The van der Waals surface area contributed by atoms with E-state index in [2.05, 4.69) is 0 Å². The van der Waals surface area contributed by atoms with Crippen molar-refractivity contribution >= 4 is 28.0 Å². The predicted molar refractivity (Wildman–Crippen MR) is 78.6 cm³/mol. The Bertz CT molecular complexity index is 544. The topological polar surface area (TPSA) is 77.2 Å². The summed E-state index contributed by atoms with van der Waals surface area (Å²) in [5, 5.41) is 0. The summed E-state index contributed by atoms with van der Waals surface area (Å²) in [6.45, 7) is 5.67. The maximum absolute atomic E-state index is 12.1. The van der Waals surface area contributed by atoms with Gasteiger partial charge in [0.2, 0.25) is 0 Å². The number of Topliss-reactive ketones (excluding diaryl/α,β-unsaturated/α-hetero) is 1. The zero-order valence-corrected chi connectivity index (χ0v) is 13.1. The van der Waals surface area contributed by atoms with E-state index >= 15 is 0 Å². The van der Waals surface area contributed by atoms with Crippen LogP contribution in [-0.2, 0) is 9.84 Å². The van der Waals surface area contributed by atoms with E-state index < -0.39 is 15.9 Å². The Kier molecular flexibility index (Phi) is 5.74. The molecule has 0 amide bonds. The number of sulfone groups is 1. The smallest absolute Gasteiger partial charge is 0.180 e. The van der Waals surface area contributed by atoms with Gasteiger partial charge in [0.05, 0.1) is 10.9 Å². The minimum Gasteiger partial charge on any atom is -0.321 e. The van der Waals surface area contributed by atoms with Crippen LogP contribution in [-0.4, -0.2) is 26.5 Å². The molecule has 108 valence electrons. The molecule has 1 rings (SSSR count). The Morgan fingerprint density at radius 2 is 1.58 bits per heavy atom. The largest absolute Gasteiger partial charge is 0.321 e. The molecule has 1 aromatic rings. The molecule has 0 aliphatic heterocycles. The van der Waals surface area contributed by atoms with Gasteiger partial charge in [-0.05, 0) is 17.5 Å². The van der Waals surface area contributed by atoms with E-state index in [1.165, 1.54) is 24.3 Å². The lowest BCUT2D eigenvalue weighted by Gasteiger charge is -2.25. The summed E-state index contributed by atoms with van der Waals surface area (Å²) in [6, 6.07) is 5.26. The van der Waals surface area contributed by atoms with Crippen LogP contribution in [0.25, 0.3) is 0 Å². The van der Waals surface area contributed by atoms with Gasteiger partial charge in [-0.1, -0.05) is 32.9 Å². The SMILES string of the molecule is CC(C)(C)[C@H](N)C(=O)c1ccc(S(C)(=O)=O)cc1.Cl. The van der Waals surface area contributed by atoms with Crippen LogP contribution in [0, 0.1) is 5.41 Å². The number of ketones is 1. The van der Waals surface area contributed by atoms with E-state index in [0.29, 0.717) is 5.56 Å². The Labute approximate surface area is 120 Å². The van der Waals surface area contributed by atoms with Crippen LogP contribution in [0.2, 0.25) is 0 Å². The highest BCUT2D eigenvalue weighted by Gasteiger charge is 2.28. The number of nitrogens with two attached hydrogens (primary N) is 1. The third-order valence-corrected chi connectivity index (χ3v) is 3.91. The molecule has 0 radical (unpaired) electrons. The summed E-state index contributed by atoms with van der Waals surface area (Å²) < 4.78 is 22.6. The maximum Gasteiger partial charge on any atom is 0.180 e. The highest BCUT2D eigenvalue weighted by molar-refractivity contribution is 7.90. The molecule has 0 unspecified atom stereocenters. The minimum atomic E-state index is -3.24. The average molecular weight is 306 g/mol. The second-order valence-corrected chi connectivity index (χ2v) is 7.52. The first-order valence-electron chi connectivity index (χ1n) is 5.63. The highest BCUT2D eigenvalue weighted by atomic mass is 35.5. The molecule has 0 saturated carbocycles. The van der Waals surface area contributed by atoms with E-state index in [4.69, 9.17) is 5.73 Å². The van der Waals surface area contributed by atoms with Crippen molar-refractivity contribution in [2.75, 3.05) is 6.26 Å². The molecule has 0 heterocycles. The van der Waals surface area contributed by atoms with Gasteiger partial charge in [0.25, 0.3) is 0 Å². The van der Waals surface area contributed by atoms with E-state index in [1.807, 2.05) is 20.8 Å². The molecular formula is C13H20ClNO3S. The van der Waals surface area contributed by atoms with Crippen LogP contribution >= 0.6 is 12.4 Å². The molecule has 1 atom stereocenters. The molecule has 0 aliphatic rings. The monoisotopic (exact) mass is 305 g/mol. The van der Waals surface area contributed by atoms with Crippen molar-refractivity contribution in [2.24, 2.45) is 11.1 Å². The van der Waals surface area contributed by atoms with Crippen molar-refractivity contribution in [1.82, 2.24) is 0 Å². The first-order chi connectivity index (χ1) is 8.03. The zero-order chi connectivity index (χ0) is 14.1. The molecule has 6 heteroatoms. The number of hydrogen-bond acceptors (Lipinski definition) is 4. The van der Waals surface area contributed by atoms with Crippen molar-refractivity contribution in [3.63, 3.8) is 0 Å². The summed E-state index contributed by atoms with van der Waals surface area (Å²) in [6.07, 6.45) is 1.13. The summed E-state index contributed by atoms with van der Waals surface area (Å²) in [5.74, 6) is -0.178. The van der Waals surface area contributed by atoms with Gasteiger partial charge in [-0.15, -0.1) is 12.4 Å². The predicted octanol–water partition coefficient (Wildman–Crippen LogP) is 2.07. The third-order valence-electron chi connectivity index (χ3n) is 2.78. The second-order valence-electron chi connectivity index (χ2n) is 5.50. The number of benzene rings is 1. The standard InChI is InChI=1S/C13H19NO3S.ClH/c1-13(2,3)12(14)11(15)9-5-7-10(8-6-9)18(4,16)17;/h5-8,12H,14H2,1-4H3;1H/t12-;/m1./s1. The van der Waals surface area contributed by atoms with Crippen LogP contribution in [0.3, 0.4) is 0 Å². The maximum atomic E-state index is 12.1. The van der Waals surface area contributed by atoms with E-state index in [9.17, 15) is 13.2 Å². The van der Waals surface area contributed by atoms with Crippen LogP contribution in [0.5, 0.6) is 0 Å². The molecule has 1 aromatic carbocycles. The molecule has 0 fully saturated rings. The number of hydrogen-bond donors (Lipinski definition) is 1. The van der Waals surface area contributed by atoms with Gasteiger partial charge in [-0.2, -0.15) is 0 Å². The van der Waals surface area contributed by atoms with Gasteiger partial charge >= 0.3 is 0 Å². The van der Waals surface area contributed by atoms with Gasteiger partial charge in [-0.25, -0.2) is 8.42 Å². The Balaban J connectivity index is 0.00000324. The molecule has 0 saturated heterocycles. The molecule has 0 aromatic heterocycles. The average Bonchev–Trinajstić information content (AvgIpc) is 2.25. The van der Waals surface area contributed by atoms with E-state index in [-0.39, 0.29) is 28.5 Å². The van der Waals surface area contributed by atoms with Gasteiger partial charge in [0.15, 0.2) is 15.6 Å². The van der Waals surface area contributed by atoms with E-state index in [0.717, 1.165) is 6.26 Å². The van der Waals surface area contributed by atoms with Crippen molar-refractivity contribution in [3.05, 3.63) is 29.8 Å². The molecule has 19 heavy (non-hydrogen) atoms. The summed E-state index contributed by atoms with van der Waals surface area (Å²) in [4.78, 5) is 12.3. The van der Waals surface area contributed by atoms with Gasteiger partial charge in [0.1, 0.15) is 0 Å². The van der Waals surface area contributed by atoms with Crippen LogP contribution in [0.15, 0.2) is 29.2 Å². The van der Waals surface area contributed by atoms with E-state index in [1.54, 1.807) is 0 Å². The number of rotatable bonds is 3. The van der Waals surface area contributed by atoms with Crippen molar-refractivity contribution in [2.45, 2.75) is 31.7 Å². The molecule has 0 spiro atoms. The summed E-state index contributed by atoms with van der Waals surface area (Å²) in [7, 11) is -3.24. The Morgan fingerprint density at radius 3 is 1.89 bits per heavy atom.